The molecule has 0 saturated heterocycles. The summed E-state index contributed by atoms with van der Waals surface area (Å²) in [5.74, 6) is 8.97. The number of hydrazone groups is 4. The van der Waals surface area contributed by atoms with Gasteiger partial charge in [-0.05, 0) is 136 Å². The highest BCUT2D eigenvalue weighted by molar-refractivity contribution is 5.86. The molecular formula is C78H168N14O4. The van der Waals surface area contributed by atoms with Crippen molar-refractivity contribution in [2.24, 2.45) is 123 Å². The predicted molar refractivity (Wildman–Crippen MR) is 433 cm³/mol. The van der Waals surface area contributed by atoms with Gasteiger partial charge < -0.3 is 46.4 Å². The van der Waals surface area contributed by atoms with Gasteiger partial charge in [0.05, 0.1) is 18.6 Å². The first-order chi connectivity index (χ1) is 46.2. The normalized spacial score (nSPS) is 21.1. The third-order valence-corrected chi connectivity index (χ3v) is 15.2. The zero-order valence-corrected chi connectivity index (χ0v) is 69.9. The lowest BCUT2D eigenvalue weighted by Gasteiger charge is -2.22. The van der Waals surface area contributed by atoms with Gasteiger partial charge in [-0.2, -0.15) is 20.4 Å². The average Bonchev–Trinajstić information content (AvgIpc) is 4.44. The van der Waals surface area contributed by atoms with E-state index in [1.54, 1.807) is 6.34 Å². The first-order valence-corrected chi connectivity index (χ1v) is 39.2. The van der Waals surface area contributed by atoms with Gasteiger partial charge in [-0.25, -0.2) is 0 Å². The number of nitrogens with zero attached hydrogens (tertiary/aromatic N) is 9. The van der Waals surface area contributed by atoms with Gasteiger partial charge in [0.25, 0.3) is 0 Å². The molecule has 9 heterocycles. The van der Waals surface area contributed by atoms with Gasteiger partial charge in [-0.3, -0.25) is 4.99 Å². The van der Waals surface area contributed by atoms with Gasteiger partial charge in [0.15, 0.2) is 0 Å². The van der Waals surface area contributed by atoms with Crippen molar-refractivity contribution >= 4 is 55.0 Å². The molecule has 0 bridgehead atoms. The van der Waals surface area contributed by atoms with Crippen LogP contribution in [0.1, 0.15) is 312 Å². The minimum Gasteiger partial charge on any atom is -0.396 e. The van der Waals surface area contributed by atoms with E-state index < -0.39 is 0 Å². The van der Waals surface area contributed by atoms with Crippen LogP contribution in [0.2, 0.25) is 0 Å². The van der Waals surface area contributed by atoms with E-state index >= 15 is 0 Å². The summed E-state index contributed by atoms with van der Waals surface area (Å²) in [5.41, 5.74) is 14.5. The highest BCUT2D eigenvalue weighted by Gasteiger charge is 2.19. The summed E-state index contributed by atoms with van der Waals surface area (Å²) in [4.78, 5) is 23.8. The summed E-state index contributed by atoms with van der Waals surface area (Å²) < 4.78 is 0. The van der Waals surface area contributed by atoms with Crippen molar-refractivity contribution in [2.45, 2.75) is 331 Å². The summed E-state index contributed by atoms with van der Waals surface area (Å²) in [7, 11) is 0. The number of hydrogen-bond acceptors (Lipinski definition) is 18. The maximum Gasteiger partial charge on any atom is 0.130 e. The van der Waals surface area contributed by atoms with Crippen LogP contribution in [0.5, 0.6) is 0 Å². The molecule has 0 spiro atoms. The van der Waals surface area contributed by atoms with E-state index in [-0.39, 0.29) is 0 Å². The van der Waals surface area contributed by atoms with Crippen molar-refractivity contribution in [3.05, 3.63) is 0 Å². The first-order valence-electron chi connectivity index (χ1n) is 39.2. The molecule has 0 aromatic rings. The van der Waals surface area contributed by atoms with Crippen LogP contribution in [0.15, 0.2) is 46.0 Å². The SMILES string of the molecule is CC.CC.CC.CC.CC.CC.CC.CC.CC(C)C1=NNCCC1.CC(C)C1=NOCCC1.CC(C)C1C=NNCC1.CC(C)C1C=NOCC1.CC(C)C1CC=NNC1.CC(C)C1CC=NOC1.CC(C)C1CCC=NN1.CC(C)C1CCC=NO1.CC(C)C1CN=CN1. The smallest absolute Gasteiger partial charge is 0.130 e. The molecule has 574 valence electrons. The summed E-state index contributed by atoms with van der Waals surface area (Å²) in [6.45, 7) is 78.2. The molecule has 5 N–H and O–H groups in total. The van der Waals surface area contributed by atoms with E-state index in [0.29, 0.717) is 71.4 Å². The molecule has 0 fully saturated rings. The summed E-state index contributed by atoms with van der Waals surface area (Å²) in [6.07, 6.45) is 27.5. The Kier molecular flexibility index (Phi) is 92.3. The lowest BCUT2D eigenvalue weighted by molar-refractivity contribution is 0.0146. The van der Waals surface area contributed by atoms with E-state index in [2.05, 4.69) is 198 Å². The minimum absolute atomic E-state index is 0.356. The van der Waals surface area contributed by atoms with E-state index in [4.69, 9.17) is 19.4 Å². The molecular weight excluding hydrogens is 1200 g/mol. The van der Waals surface area contributed by atoms with Crippen molar-refractivity contribution in [3.8, 4) is 0 Å². The second kappa shape index (κ2) is 82.7. The predicted octanol–water partition coefficient (Wildman–Crippen LogP) is 21.0. The molecule has 0 aliphatic carbocycles. The molecule has 0 aromatic carbocycles. The standard InChI is InChI=1S/4C7H14N2.4C7H13NO.C6H12N2.8C2H6/c2*1-6(2)7-3-4-8-9-5-7;2*1-6(2)7-4-3-5-8-9-7;1-6(2)7-3-4-9-8-5-7;1-6(2)7-3-4-8-9-5-7;1-6(2)7-4-3-5-9-8-7;1-6(2)7-4-3-5-8-9-7;1-5(2)6-3-7-4-8-6;8*1-2/h5-8H,3-4H2,1-2H3;4,6-7,9H,3,5H2,1-2H3;6,8H,3-5H2,1-2H3;5-7,9H,3-4H2,1-2H3;5-7H,3-4H2,1-2H3;4,6-7H,3,5H2,1-2H3;6H,3-5H2,1-2H3;5-7H,3-4H2,1-2H3;4-6H,3H2,1-2H3,(H,7,8);8*1-2H3. The van der Waals surface area contributed by atoms with Crippen LogP contribution in [-0.2, 0) is 19.4 Å². The van der Waals surface area contributed by atoms with Crippen LogP contribution < -0.4 is 27.0 Å². The molecule has 9 aliphatic rings. The Labute approximate surface area is 598 Å². The molecule has 9 aliphatic heterocycles. The fourth-order valence-corrected chi connectivity index (χ4v) is 8.45. The van der Waals surface area contributed by atoms with Crippen molar-refractivity contribution in [1.82, 2.24) is 27.0 Å². The monoisotopic (exact) mass is 1370 g/mol. The van der Waals surface area contributed by atoms with Crippen LogP contribution in [0.3, 0.4) is 0 Å². The zero-order valence-electron chi connectivity index (χ0n) is 69.9. The topological polar surface area (TPSA) is 208 Å². The van der Waals surface area contributed by atoms with E-state index in [0.717, 1.165) is 121 Å². The molecule has 7 atom stereocenters. The van der Waals surface area contributed by atoms with Crippen LogP contribution in [-0.4, -0.2) is 119 Å². The quantitative estimate of drug-likeness (QED) is 0.149. The zero-order chi connectivity index (χ0) is 75.5. The largest absolute Gasteiger partial charge is 0.396 e. The van der Waals surface area contributed by atoms with Gasteiger partial charge in [0.1, 0.15) is 25.9 Å². The Balaban J connectivity index is -0.000000147. The molecule has 96 heavy (non-hydrogen) atoms. The Morgan fingerprint density at radius 1 is 0.427 bits per heavy atom. The van der Waals surface area contributed by atoms with Crippen molar-refractivity contribution in [2.75, 3.05) is 46.0 Å². The van der Waals surface area contributed by atoms with E-state index in [1.165, 1.54) is 37.1 Å². The molecule has 7 unspecified atom stereocenters. The Hall–Kier alpha value is -4.77. The number of hydrogen-bond donors (Lipinski definition) is 5. The van der Waals surface area contributed by atoms with Gasteiger partial charge in [-0.1, -0.05) is 256 Å². The Morgan fingerprint density at radius 3 is 1.26 bits per heavy atom. The van der Waals surface area contributed by atoms with Gasteiger partial charge >= 0.3 is 0 Å². The lowest BCUT2D eigenvalue weighted by Crippen LogP contribution is -2.32. The van der Waals surface area contributed by atoms with Gasteiger partial charge in [0, 0.05) is 92.5 Å². The first kappa shape index (κ1) is 107. The number of nitrogens with one attached hydrogen (secondary N) is 5. The summed E-state index contributed by atoms with van der Waals surface area (Å²) in [6, 6.07) is 1.20. The fraction of sp³-hybridized carbons (Fsp3) is 0.885. The number of oxime groups is 4. The van der Waals surface area contributed by atoms with Gasteiger partial charge in [-0.15, -0.1) is 0 Å². The maximum atomic E-state index is 5.11. The number of rotatable bonds is 9. The summed E-state index contributed by atoms with van der Waals surface area (Å²) >= 11 is 0. The Morgan fingerprint density at radius 2 is 0.990 bits per heavy atom. The summed E-state index contributed by atoms with van der Waals surface area (Å²) in [5, 5.41) is 34.4. The molecule has 9 rings (SSSR count). The fourth-order valence-electron chi connectivity index (χ4n) is 8.45. The molecule has 0 aromatic heterocycles. The van der Waals surface area contributed by atoms with Crippen molar-refractivity contribution in [1.29, 1.82) is 0 Å². The maximum absolute atomic E-state index is 5.11. The van der Waals surface area contributed by atoms with Crippen LogP contribution in [0.4, 0.5) is 0 Å². The minimum atomic E-state index is 0.356. The van der Waals surface area contributed by atoms with Crippen LogP contribution in [0.25, 0.3) is 0 Å². The van der Waals surface area contributed by atoms with E-state index in [1.807, 2.05) is 148 Å². The number of aliphatic imine (C=N–C) groups is 1. The molecule has 0 saturated carbocycles. The Bertz CT molecular complexity index is 1620. The molecule has 18 nitrogen and oxygen atoms in total. The van der Waals surface area contributed by atoms with Crippen molar-refractivity contribution < 1.29 is 19.4 Å². The average molecular weight is 1370 g/mol. The van der Waals surface area contributed by atoms with Gasteiger partial charge in [0.2, 0.25) is 0 Å². The third kappa shape index (κ3) is 66.5. The second-order valence-corrected chi connectivity index (χ2v) is 25.0. The highest BCUT2D eigenvalue weighted by Crippen LogP contribution is 2.19. The van der Waals surface area contributed by atoms with E-state index in [9.17, 15) is 0 Å². The molecule has 18 heteroatoms. The van der Waals surface area contributed by atoms with Crippen molar-refractivity contribution in [3.63, 3.8) is 0 Å². The molecule has 0 amide bonds. The third-order valence-electron chi connectivity index (χ3n) is 15.2. The molecule has 0 radical (unpaired) electrons. The van der Waals surface area contributed by atoms with Crippen LogP contribution >= 0.6 is 0 Å². The second-order valence-electron chi connectivity index (χ2n) is 25.0. The highest BCUT2D eigenvalue weighted by atomic mass is 16.6. The lowest BCUT2D eigenvalue weighted by atomic mass is 9.93. The van der Waals surface area contributed by atoms with Crippen LogP contribution in [0, 0.1) is 76.9 Å².